The van der Waals surface area contributed by atoms with Crippen molar-refractivity contribution < 1.29 is 24.5 Å². The number of nitrogens with zero attached hydrogens (tertiary/aromatic N) is 2. The Kier molecular flexibility index (Phi) is 3.86. The molecule has 2 unspecified atom stereocenters. The third-order valence-electron chi connectivity index (χ3n) is 9.06. The number of fused-ring (bicyclic) bond motifs is 1. The number of aliphatic hydroxyl groups is 1. The maximum absolute atomic E-state index is 13.4. The van der Waals surface area contributed by atoms with E-state index in [1.165, 1.54) is 4.90 Å². The lowest BCUT2D eigenvalue weighted by Crippen LogP contribution is -2.78. The number of aromatic hydroxyl groups is 1. The highest BCUT2D eigenvalue weighted by Gasteiger charge is 2.74. The first-order valence-corrected chi connectivity index (χ1v) is 12.0. The molecule has 7 heteroatoms. The Morgan fingerprint density at radius 1 is 1.12 bits per heavy atom. The van der Waals surface area contributed by atoms with Gasteiger partial charge in [0.1, 0.15) is 6.10 Å². The van der Waals surface area contributed by atoms with Gasteiger partial charge in [-0.2, -0.15) is 0 Å². The van der Waals surface area contributed by atoms with Crippen LogP contribution in [0.15, 0.2) is 49.1 Å². The summed E-state index contributed by atoms with van der Waals surface area (Å²) in [5, 5.41) is 23.2. The summed E-state index contributed by atoms with van der Waals surface area (Å²) in [6.45, 7) is 5.32. The highest BCUT2D eigenvalue weighted by Crippen LogP contribution is 2.66. The van der Waals surface area contributed by atoms with Gasteiger partial charge in [-0.3, -0.25) is 19.4 Å². The van der Waals surface area contributed by atoms with Gasteiger partial charge in [-0.05, 0) is 56.0 Å². The molecule has 3 heterocycles. The van der Waals surface area contributed by atoms with Crippen molar-refractivity contribution in [1.82, 2.24) is 9.80 Å². The second kappa shape index (κ2) is 6.49. The number of phenols is 1. The van der Waals surface area contributed by atoms with Crippen LogP contribution in [0.3, 0.4) is 0 Å². The predicted octanol–water partition coefficient (Wildman–Crippen LogP) is 2.40. The van der Waals surface area contributed by atoms with E-state index in [1.807, 2.05) is 12.1 Å². The lowest BCUT2D eigenvalue weighted by atomic mass is 9.48. The molecule has 1 spiro atoms. The fourth-order valence-electron chi connectivity index (χ4n) is 7.76. The Morgan fingerprint density at radius 2 is 1.85 bits per heavy atom. The van der Waals surface area contributed by atoms with Gasteiger partial charge in [-0.25, -0.2) is 0 Å². The number of amides is 2. The summed E-state index contributed by atoms with van der Waals surface area (Å²) in [4.78, 5) is 30.4. The molecule has 7 rings (SSSR count). The molecule has 3 aliphatic heterocycles. The van der Waals surface area contributed by atoms with Crippen LogP contribution >= 0.6 is 0 Å². The minimum Gasteiger partial charge on any atom is -0.504 e. The molecule has 2 aromatic rings. The number of phenolic OH excluding ortho intramolecular Hbond substituents is 1. The summed E-state index contributed by atoms with van der Waals surface area (Å²) >= 11 is 0. The minimum atomic E-state index is -1.10. The van der Waals surface area contributed by atoms with Crippen LogP contribution in [0.5, 0.6) is 11.5 Å². The Bertz CT molecular complexity index is 1250. The minimum absolute atomic E-state index is 0.0398. The molecule has 2 fully saturated rings. The average Bonchev–Trinajstić information content (AvgIpc) is 3.31. The van der Waals surface area contributed by atoms with E-state index in [2.05, 4.69) is 11.5 Å². The van der Waals surface area contributed by atoms with E-state index in [-0.39, 0.29) is 23.6 Å². The number of benzene rings is 2. The largest absolute Gasteiger partial charge is 0.504 e. The standard InChI is InChI=1S/C27H26N2O5/c1-2-12-28-13-11-26-21-15-7-8-19(30)22(21)34-23(26)18(9-10-27(26,33)20(28)14-15)29-24(31)16-5-3-4-6-17(16)25(29)32/h2-8,18,20,23,30,33H,1,9-14H2/t18?,20-,23?,26+,27-/m1/s1. The molecule has 2 N–H and O–H groups in total. The monoisotopic (exact) mass is 458 g/mol. The summed E-state index contributed by atoms with van der Waals surface area (Å²) in [6.07, 6.45) is 3.40. The van der Waals surface area contributed by atoms with Crippen molar-refractivity contribution in [3.63, 3.8) is 0 Å². The smallest absolute Gasteiger partial charge is 0.261 e. The van der Waals surface area contributed by atoms with E-state index in [0.717, 1.165) is 17.7 Å². The molecule has 7 nitrogen and oxygen atoms in total. The third kappa shape index (κ3) is 2.11. The van der Waals surface area contributed by atoms with Crippen LogP contribution < -0.4 is 4.74 Å². The zero-order valence-corrected chi connectivity index (χ0v) is 18.7. The van der Waals surface area contributed by atoms with E-state index in [1.54, 1.807) is 30.3 Å². The summed E-state index contributed by atoms with van der Waals surface area (Å²) in [5.74, 6) is -0.182. The van der Waals surface area contributed by atoms with Crippen molar-refractivity contribution in [2.24, 2.45) is 0 Å². The maximum atomic E-state index is 13.4. The quantitative estimate of drug-likeness (QED) is 0.542. The summed E-state index contributed by atoms with van der Waals surface area (Å²) < 4.78 is 6.50. The van der Waals surface area contributed by atoms with Crippen LogP contribution in [0.2, 0.25) is 0 Å². The first-order valence-electron chi connectivity index (χ1n) is 12.0. The third-order valence-corrected chi connectivity index (χ3v) is 9.06. The van der Waals surface area contributed by atoms with Crippen molar-refractivity contribution >= 4 is 11.8 Å². The summed E-state index contributed by atoms with van der Waals surface area (Å²) in [7, 11) is 0. The molecular weight excluding hydrogens is 432 g/mol. The predicted molar refractivity (Wildman–Crippen MR) is 123 cm³/mol. The second-order valence-electron chi connectivity index (χ2n) is 10.3. The molecule has 34 heavy (non-hydrogen) atoms. The lowest BCUT2D eigenvalue weighted by molar-refractivity contribution is -0.194. The average molecular weight is 459 g/mol. The number of ether oxygens (including phenoxy) is 1. The van der Waals surface area contributed by atoms with E-state index < -0.39 is 23.2 Å². The van der Waals surface area contributed by atoms with Crippen molar-refractivity contribution in [1.29, 1.82) is 0 Å². The Hall–Kier alpha value is -3.16. The van der Waals surface area contributed by atoms with E-state index in [4.69, 9.17) is 4.74 Å². The molecule has 2 aromatic carbocycles. The van der Waals surface area contributed by atoms with Crippen LogP contribution in [0, 0.1) is 0 Å². The topological polar surface area (TPSA) is 90.3 Å². The van der Waals surface area contributed by atoms with Crippen molar-refractivity contribution in [2.45, 2.75) is 54.9 Å². The molecule has 0 radical (unpaired) electrons. The van der Waals surface area contributed by atoms with Gasteiger partial charge in [-0.1, -0.05) is 24.3 Å². The zero-order valence-electron chi connectivity index (χ0n) is 18.7. The van der Waals surface area contributed by atoms with Gasteiger partial charge in [0.05, 0.1) is 28.2 Å². The maximum Gasteiger partial charge on any atom is 0.261 e. The highest BCUT2D eigenvalue weighted by atomic mass is 16.5. The van der Waals surface area contributed by atoms with E-state index >= 15 is 0 Å². The number of rotatable bonds is 3. The number of imide groups is 1. The summed E-state index contributed by atoms with van der Waals surface area (Å²) in [5.41, 5.74) is 0.854. The normalized spacial score (nSPS) is 35.1. The van der Waals surface area contributed by atoms with Crippen LogP contribution in [-0.2, 0) is 11.8 Å². The van der Waals surface area contributed by atoms with Crippen molar-refractivity contribution in [3.05, 3.63) is 71.3 Å². The van der Waals surface area contributed by atoms with E-state index in [0.29, 0.717) is 49.1 Å². The molecular formula is C27H26N2O5. The molecule has 2 amide bonds. The van der Waals surface area contributed by atoms with Gasteiger partial charge >= 0.3 is 0 Å². The van der Waals surface area contributed by atoms with Gasteiger partial charge in [-0.15, -0.1) is 6.58 Å². The Labute approximate surface area is 197 Å². The molecule has 1 saturated carbocycles. The fraction of sp³-hybridized carbons (Fsp3) is 0.407. The van der Waals surface area contributed by atoms with Crippen molar-refractivity contribution in [3.8, 4) is 11.5 Å². The number of likely N-dealkylation sites (tertiary alicyclic amines) is 1. The number of piperidine rings is 1. The van der Waals surface area contributed by atoms with Crippen LogP contribution in [0.4, 0.5) is 0 Å². The fourth-order valence-corrected chi connectivity index (χ4v) is 7.76. The summed E-state index contributed by atoms with van der Waals surface area (Å²) in [6, 6.07) is 9.82. The lowest BCUT2D eigenvalue weighted by Gasteiger charge is -2.64. The van der Waals surface area contributed by atoms with Crippen LogP contribution in [0.25, 0.3) is 0 Å². The SMILES string of the molecule is C=CCN1CC[C@]23c4c5ccc(O)c4OC2C(N2C(=O)c4ccccc4C2=O)CC[C@@]3(O)[C@H]1C5. The molecule has 5 aliphatic rings. The molecule has 2 bridgehead atoms. The van der Waals surface area contributed by atoms with Gasteiger partial charge in [0.2, 0.25) is 0 Å². The van der Waals surface area contributed by atoms with Gasteiger partial charge < -0.3 is 14.9 Å². The number of carbonyl (C=O) groups is 2. The number of hydrogen-bond acceptors (Lipinski definition) is 6. The first-order chi connectivity index (χ1) is 16.4. The highest BCUT2D eigenvalue weighted by molar-refractivity contribution is 6.21. The Morgan fingerprint density at radius 3 is 2.56 bits per heavy atom. The molecule has 1 saturated heterocycles. The number of hydrogen-bond donors (Lipinski definition) is 2. The van der Waals surface area contributed by atoms with Gasteiger partial charge in [0, 0.05) is 18.2 Å². The number of carbonyl (C=O) groups excluding carboxylic acids is 2. The molecule has 5 atom stereocenters. The van der Waals surface area contributed by atoms with Gasteiger partial charge in [0.25, 0.3) is 11.8 Å². The van der Waals surface area contributed by atoms with Crippen molar-refractivity contribution in [2.75, 3.05) is 13.1 Å². The van der Waals surface area contributed by atoms with E-state index in [9.17, 15) is 19.8 Å². The second-order valence-corrected chi connectivity index (χ2v) is 10.3. The van der Waals surface area contributed by atoms with Crippen LogP contribution in [0.1, 0.15) is 51.1 Å². The first kappa shape index (κ1) is 20.2. The van der Waals surface area contributed by atoms with Gasteiger partial charge in [0.15, 0.2) is 11.5 Å². The molecule has 0 aromatic heterocycles. The molecule has 2 aliphatic carbocycles. The zero-order chi connectivity index (χ0) is 23.4. The molecule has 174 valence electrons. The Balaban J connectivity index is 1.40. The van der Waals surface area contributed by atoms with Crippen LogP contribution in [-0.4, -0.2) is 68.7 Å².